The maximum atomic E-state index is 12.4. The molecule has 0 saturated heterocycles. The molecule has 108 valence electrons. The first-order chi connectivity index (χ1) is 9.97. The maximum absolute atomic E-state index is 12.4. The Morgan fingerprint density at radius 3 is 2.19 bits per heavy atom. The minimum Gasteiger partial charge on any atom is -0.344 e. The average molecular weight is 347 g/mol. The molecular weight excluding hydrogens is 332 g/mol. The van der Waals surface area contributed by atoms with E-state index < -0.39 is 0 Å². The fraction of sp³-hybridized carbons (Fsp3) is 0.188. The molecule has 1 aromatic heterocycles. The number of Topliss-reactive ketones (excluding diaryl/α,β-unsaturated/α-hetero) is 1. The van der Waals surface area contributed by atoms with Crippen LogP contribution in [0.4, 0.5) is 0 Å². The molecule has 0 saturated carbocycles. The molecule has 5 heteroatoms. The van der Waals surface area contributed by atoms with Crippen molar-refractivity contribution in [1.29, 1.82) is 0 Å². The number of carbonyl (C=O) groups is 2. The monoisotopic (exact) mass is 346 g/mol. The van der Waals surface area contributed by atoms with Crippen LogP contribution in [-0.4, -0.2) is 16.3 Å². The number of halogens is 1. The lowest BCUT2D eigenvalue weighted by Crippen LogP contribution is -2.18. The van der Waals surface area contributed by atoms with Gasteiger partial charge in [-0.25, -0.2) is 4.99 Å². The molecule has 0 aliphatic heterocycles. The van der Waals surface area contributed by atoms with Crippen molar-refractivity contribution in [3.8, 4) is 0 Å². The molecule has 4 nitrogen and oxygen atoms in total. The van der Waals surface area contributed by atoms with Gasteiger partial charge in [0.15, 0.2) is 5.78 Å². The number of amides is 1. The molecular formula is C16H15BrN2O2. The zero-order chi connectivity index (χ0) is 15.4. The predicted octanol–water partition coefficient (Wildman–Crippen LogP) is 3.14. The Morgan fingerprint density at radius 1 is 1.10 bits per heavy atom. The van der Waals surface area contributed by atoms with Crippen molar-refractivity contribution >= 4 is 27.6 Å². The van der Waals surface area contributed by atoms with Crippen molar-refractivity contribution < 1.29 is 9.59 Å². The molecule has 1 atom stereocenters. The van der Waals surface area contributed by atoms with Crippen LogP contribution in [0.5, 0.6) is 0 Å². The van der Waals surface area contributed by atoms with Gasteiger partial charge >= 0.3 is 0 Å². The van der Waals surface area contributed by atoms with Crippen molar-refractivity contribution in [3.63, 3.8) is 0 Å². The number of rotatable bonds is 3. The number of pyridine rings is 1. The van der Waals surface area contributed by atoms with E-state index >= 15 is 0 Å². The third-order valence-corrected chi connectivity index (χ3v) is 3.61. The fourth-order valence-corrected chi connectivity index (χ4v) is 2.20. The molecule has 1 amide bonds. The van der Waals surface area contributed by atoms with E-state index in [1.165, 1.54) is 6.92 Å². The Kier molecular flexibility index (Phi) is 4.85. The minimum absolute atomic E-state index is 0.0313. The lowest BCUT2D eigenvalue weighted by molar-refractivity contribution is -0.116. The summed E-state index contributed by atoms with van der Waals surface area (Å²) in [5, 5.41) is 0.585. The summed E-state index contributed by atoms with van der Waals surface area (Å²) in [6.07, 6.45) is 3.51. The van der Waals surface area contributed by atoms with Gasteiger partial charge < -0.3 is 4.57 Å². The molecule has 0 spiro atoms. The van der Waals surface area contributed by atoms with Crippen LogP contribution in [0, 0.1) is 0 Å². The molecule has 0 aliphatic rings. The summed E-state index contributed by atoms with van der Waals surface area (Å²) in [4.78, 5) is 27.2. The Hall–Kier alpha value is -2.01. The Bertz CT molecular complexity index is 712. The van der Waals surface area contributed by atoms with Gasteiger partial charge in [-0.15, -0.1) is 0 Å². The van der Waals surface area contributed by atoms with Gasteiger partial charge in [-0.3, -0.25) is 9.59 Å². The average Bonchev–Trinajstić information content (AvgIpc) is 2.47. The summed E-state index contributed by atoms with van der Waals surface area (Å²) in [5.74, 6) is -0.213. The smallest absolute Gasteiger partial charge is 0.243 e. The van der Waals surface area contributed by atoms with E-state index in [4.69, 9.17) is 0 Å². The zero-order valence-corrected chi connectivity index (χ0v) is 13.4. The van der Waals surface area contributed by atoms with Gasteiger partial charge in [-0.2, -0.15) is 0 Å². The fourth-order valence-electron chi connectivity index (χ4n) is 1.94. The number of hydrogen-bond donors (Lipinski definition) is 0. The lowest BCUT2D eigenvalue weighted by Gasteiger charge is -2.14. The Morgan fingerprint density at radius 2 is 1.67 bits per heavy atom. The number of hydrogen-bond acceptors (Lipinski definition) is 2. The van der Waals surface area contributed by atoms with Crippen LogP contribution in [0.2, 0.25) is 0 Å². The SMILES string of the molecule is CC(=O)N=c1ccn([C@H](C)C(=O)c2ccc(Br)cc2)cc1. The summed E-state index contributed by atoms with van der Waals surface area (Å²) in [6.45, 7) is 3.24. The van der Waals surface area contributed by atoms with Gasteiger partial charge in [-0.1, -0.05) is 28.1 Å². The Labute approximate surface area is 131 Å². The molecule has 1 aromatic carbocycles. The molecule has 0 bridgehead atoms. The highest BCUT2D eigenvalue weighted by Crippen LogP contribution is 2.16. The van der Waals surface area contributed by atoms with Gasteiger partial charge in [0.05, 0.1) is 11.4 Å². The number of aromatic nitrogens is 1. The molecule has 1 heterocycles. The second-order valence-corrected chi connectivity index (χ2v) is 5.60. The van der Waals surface area contributed by atoms with Gasteiger partial charge in [0.25, 0.3) is 0 Å². The van der Waals surface area contributed by atoms with E-state index in [-0.39, 0.29) is 17.7 Å². The number of ketones is 1. The molecule has 0 radical (unpaired) electrons. The van der Waals surface area contributed by atoms with E-state index in [0.717, 1.165) is 4.47 Å². The van der Waals surface area contributed by atoms with E-state index in [1.807, 2.05) is 19.1 Å². The van der Waals surface area contributed by atoms with Crippen molar-refractivity contribution in [2.75, 3.05) is 0 Å². The second-order valence-electron chi connectivity index (χ2n) is 4.68. The van der Waals surface area contributed by atoms with Crippen LogP contribution in [0.3, 0.4) is 0 Å². The van der Waals surface area contributed by atoms with E-state index in [1.54, 1.807) is 41.2 Å². The molecule has 0 aliphatic carbocycles. The first kappa shape index (κ1) is 15.4. The van der Waals surface area contributed by atoms with Gasteiger partial charge in [-0.05, 0) is 31.2 Å². The second kappa shape index (κ2) is 6.63. The molecule has 0 N–H and O–H groups in total. The van der Waals surface area contributed by atoms with E-state index in [0.29, 0.717) is 10.9 Å². The van der Waals surface area contributed by atoms with Crippen LogP contribution in [0.15, 0.2) is 58.3 Å². The highest BCUT2D eigenvalue weighted by molar-refractivity contribution is 9.10. The summed E-state index contributed by atoms with van der Waals surface area (Å²) in [6, 6.07) is 10.4. The quantitative estimate of drug-likeness (QED) is 0.801. The lowest BCUT2D eigenvalue weighted by atomic mass is 10.1. The van der Waals surface area contributed by atoms with Crippen LogP contribution >= 0.6 is 15.9 Å². The molecule has 0 unspecified atom stereocenters. The van der Waals surface area contributed by atoms with Crippen molar-refractivity contribution in [2.45, 2.75) is 19.9 Å². The summed E-state index contributed by atoms with van der Waals surface area (Å²) in [5.41, 5.74) is 0.663. The summed E-state index contributed by atoms with van der Waals surface area (Å²) in [7, 11) is 0. The Balaban J connectivity index is 2.23. The third-order valence-electron chi connectivity index (χ3n) is 3.08. The largest absolute Gasteiger partial charge is 0.344 e. The van der Waals surface area contributed by atoms with E-state index in [2.05, 4.69) is 20.9 Å². The van der Waals surface area contributed by atoms with Crippen LogP contribution in [0.1, 0.15) is 30.2 Å². The first-order valence-corrected chi connectivity index (χ1v) is 7.29. The molecule has 0 fully saturated rings. The highest BCUT2D eigenvalue weighted by Gasteiger charge is 2.15. The van der Waals surface area contributed by atoms with Crippen molar-refractivity contribution in [2.24, 2.45) is 4.99 Å². The standard InChI is InChI=1S/C16H15BrN2O2/c1-11(16(21)13-3-5-14(17)6-4-13)19-9-7-15(8-10-19)18-12(2)20/h3-11H,1-2H3/t11-/m1/s1. The predicted molar refractivity (Wildman–Crippen MR) is 83.9 cm³/mol. The van der Waals surface area contributed by atoms with Crippen LogP contribution < -0.4 is 5.36 Å². The van der Waals surface area contributed by atoms with Crippen molar-refractivity contribution in [3.05, 3.63) is 64.2 Å². The summed E-state index contributed by atoms with van der Waals surface area (Å²) < 4.78 is 2.73. The zero-order valence-electron chi connectivity index (χ0n) is 11.8. The molecule has 21 heavy (non-hydrogen) atoms. The van der Waals surface area contributed by atoms with Gasteiger partial charge in [0.1, 0.15) is 0 Å². The van der Waals surface area contributed by atoms with E-state index in [9.17, 15) is 9.59 Å². The topological polar surface area (TPSA) is 51.4 Å². The first-order valence-electron chi connectivity index (χ1n) is 6.50. The van der Waals surface area contributed by atoms with Gasteiger partial charge in [0.2, 0.25) is 5.91 Å². The maximum Gasteiger partial charge on any atom is 0.243 e. The minimum atomic E-state index is -0.322. The number of carbonyl (C=O) groups excluding carboxylic acids is 2. The molecule has 2 aromatic rings. The summed E-state index contributed by atoms with van der Waals surface area (Å²) >= 11 is 3.35. The number of nitrogens with zero attached hydrogens (tertiary/aromatic N) is 2. The normalized spacial score (nSPS) is 11.8. The van der Waals surface area contributed by atoms with Crippen LogP contribution in [-0.2, 0) is 4.79 Å². The third kappa shape index (κ3) is 3.98. The van der Waals surface area contributed by atoms with Crippen LogP contribution in [0.25, 0.3) is 0 Å². The highest BCUT2D eigenvalue weighted by atomic mass is 79.9. The van der Waals surface area contributed by atoms with Gasteiger partial charge in [0, 0.05) is 29.4 Å². The molecule has 2 rings (SSSR count). The van der Waals surface area contributed by atoms with Crippen molar-refractivity contribution in [1.82, 2.24) is 4.57 Å². The number of benzene rings is 1.